The fraction of sp³-hybridized carbons (Fsp3) is 0.333. The summed E-state index contributed by atoms with van der Waals surface area (Å²) in [5.74, 6) is -1.59. The summed E-state index contributed by atoms with van der Waals surface area (Å²) in [7, 11) is -3.68. The van der Waals surface area contributed by atoms with Crippen molar-refractivity contribution in [2.45, 2.75) is 45.4 Å². The Labute approximate surface area is 173 Å². The lowest BCUT2D eigenvalue weighted by Gasteiger charge is -2.24. The van der Waals surface area contributed by atoms with Crippen molar-refractivity contribution in [1.82, 2.24) is 14.1 Å². The van der Waals surface area contributed by atoms with Gasteiger partial charge in [0.25, 0.3) is 5.56 Å². The second kappa shape index (κ2) is 7.55. The smallest absolute Gasteiger partial charge is 0.258 e. The van der Waals surface area contributed by atoms with E-state index in [0.717, 1.165) is 23.8 Å². The zero-order chi connectivity index (χ0) is 22.4. The highest BCUT2D eigenvalue weighted by molar-refractivity contribution is 7.90. The van der Waals surface area contributed by atoms with Crippen LogP contribution in [0.2, 0.25) is 0 Å². The Hall–Kier alpha value is -2.65. The van der Waals surface area contributed by atoms with Crippen LogP contribution in [-0.2, 0) is 10.0 Å². The van der Waals surface area contributed by atoms with Gasteiger partial charge < -0.3 is 0 Å². The van der Waals surface area contributed by atoms with E-state index in [0.29, 0.717) is 5.56 Å². The number of sulfonamides is 1. The normalized spacial score (nSPS) is 13.6. The molecule has 30 heavy (non-hydrogen) atoms. The van der Waals surface area contributed by atoms with Gasteiger partial charge in [-0.05, 0) is 58.4 Å². The van der Waals surface area contributed by atoms with Crippen molar-refractivity contribution in [3.63, 3.8) is 0 Å². The second-order valence-electron chi connectivity index (χ2n) is 8.23. The van der Waals surface area contributed by atoms with Gasteiger partial charge in [0.2, 0.25) is 10.0 Å². The number of aryl methyl sites for hydroxylation is 1. The van der Waals surface area contributed by atoms with E-state index in [4.69, 9.17) is 0 Å². The summed E-state index contributed by atoms with van der Waals surface area (Å²) in [6.07, 6.45) is 1.57. The third-order valence-corrected chi connectivity index (χ3v) is 7.01. The predicted octanol–water partition coefficient (Wildman–Crippen LogP) is 3.73. The van der Waals surface area contributed by atoms with E-state index in [9.17, 15) is 22.0 Å². The standard InChI is InChI=1S/C21H23F2N3O3S/c1-12-8-16(13(2)25-30(28,29)21(3,4)5)20-24-18(10-19(27)26(20)11-12)15-7-6-14(22)9-17(15)23/h6-11,13,25H,1-5H3/t13-/m1/s1. The molecule has 0 unspecified atom stereocenters. The third-order valence-electron chi connectivity index (χ3n) is 4.74. The molecule has 3 aromatic rings. The summed E-state index contributed by atoms with van der Waals surface area (Å²) in [6, 6.07) is 5.19. The largest absolute Gasteiger partial charge is 0.269 e. The molecular formula is C21H23F2N3O3S. The number of aromatic nitrogens is 2. The third kappa shape index (κ3) is 4.13. The molecule has 9 heteroatoms. The molecule has 2 aromatic heterocycles. The molecule has 6 nitrogen and oxygen atoms in total. The minimum atomic E-state index is -3.68. The quantitative estimate of drug-likeness (QED) is 0.677. The summed E-state index contributed by atoms with van der Waals surface area (Å²) < 4.78 is 55.6. The Balaban J connectivity index is 2.22. The maximum atomic E-state index is 14.3. The van der Waals surface area contributed by atoms with Crippen LogP contribution in [0.4, 0.5) is 8.78 Å². The van der Waals surface area contributed by atoms with Gasteiger partial charge in [-0.25, -0.2) is 26.9 Å². The van der Waals surface area contributed by atoms with Gasteiger partial charge in [0, 0.05) is 35.5 Å². The summed E-state index contributed by atoms with van der Waals surface area (Å²) in [5.41, 5.74) is 0.928. The van der Waals surface area contributed by atoms with Crippen molar-refractivity contribution in [2.24, 2.45) is 0 Å². The van der Waals surface area contributed by atoms with Crippen LogP contribution in [-0.4, -0.2) is 22.5 Å². The Bertz CT molecular complexity index is 1300. The Kier molecular flexibility index (Phi) is 5.55. The first kappa shape index (κ1) is 22.0. The SMILES string of the molecule is Cc1cc([C@@H](C)NS(=O)(=O)C(C)(C)C)c2nc(-c3ccc(F)cc3F)cc(=O)n2c1. The molecule has 0 amide bonds. The first-order valence-electron chi connectivity index (χ1n) is 9.31. The Morgan fingerprint density at radius 3 is 2.40 bits per heavy atom. The first-order chi connectivity index (χ1) is 13.8. The molecule has 0 radical (unpaired) electrons. The van der Waals surface area contributed by atoms with Crippen LogP contribution in [0.5, 0.6) is 0 Å². The van der Waals surface area contributed by atoms with Crippen molar-refractivity contribution in [3.05, 3.63) is 69.6 Å². The molecule has 1 N–H and O–H groups in total. The maximum Gasteiger partial charge on any atom is 0.258 e. The van der Waals surface area contributed by atoms with Gasteiger partial charge >= 0.3 is 0 Å². The van der Waals surface area contributed by atoms with Gasteiger partial charge in [-0.15, -0.1) is 0 Å². The molecule has 3 rings (SSSR count). The number of nitrogens with one attached hydrogen (secondary N) is 1. The van der Waals surface area contributed by atoms with Gasteiger partial charge in [-0.2, -0.15) is 0 Å². The molecule has 0 fully saturated rings. The predicted molar refractivity (Wildman–Crippen MR) is 112 cm³/mol. The van der Waals surface area contributed by atoms with Gasteiger partial charge in [-0.3, -0.25) is 9.20 Å². The Morgan fingerprint density at radius 2 is 1.80 bits per heavy atom. The summed E-state index contributed by atoms with van der Waals surface area (Å²) >= 11 is 0. The van der Waals surface area contributed by atoms with Crippen molar-refractivity contribution < 1.29 is 17.2 Å². The number of rotatable bonds is 4. The highest BCUT2D eigenvalue weighted by Crippen LogP contribution is 2.26. The van der Waals surface area contributed by atoms with Crippen LogP contribution < -0.4 is 10.3 Å². The van der Waals surface area contributed by atoms with Gasteiger partial charge in [0.1, 0.15) is 17.3 Å². The van der Waals surface area contributed by atoms with Crippen LogP contribution in [0.15, 0.2) is 41.3 Å². The topological polar surface area (TPSA) is 80.5 Å². The highest BCUT2D eigenvalue weighted by Gasteiger charge is 2.31. The molecular weight excluding hydrogens is 412 g/mol. The minimum absolute atomic E-state index is 0.0227. The minimum Gasteiger partial charge on any atom is -0.269 e. The van der Waals surface area contributed by atoms with E-state index in [2.05, 4.69) is 9.71 Å². The number of halogens is 2. The van der Waals surface area contributed by atoms with Gasteiger partial charge in [0.15, 0.2) is 0 Å². The average molecular weight is 435 g/mol. The number of hydrogen-bond donors (Lipinski definition) is 1. The van der Waals surface area contributed by atoms with Crippen LogP contribution in [0.3, 0.4) is 0 Å². The molecule has 0 saturated carbocycles. The molecule has 0 bridgehead atoms. The van der Waals surface area contributed by atoms with E-state index in [1.807, 2.05) is 0 Å². The zero-order valence-corrected chi connectivity index (χ0v) is 18.1. The lowest BCUT2D eigenvalue weighted by molar-refractivity contribution is 0.532. The van der Waals surface area contributed by atoms with Gasteiger partial charge in [0.05, 0.1) is 10.4 Å². The zero-order valence-electron chi connectivity index (χ0n) is 17.3. The van der Waals surface area contributed by atoms with Gasteiger partial charge in [-0.1, -0.05) is 0 Å². The van der Waals surface area contributed by atoms with Crippen molar-refractivity contribution in [3.8, 4) is 11.3 Å². The molecule has 0 spiro atoms. The molecule has 0 aliphatic rings. The molecule has 2 heterocycles. The van der Waals surface area contributed by atoms with E-state index in [1.54, 1.807) is 46.9 Å². The second-order valence-corrected chi connectivity index (χ2v) is 10.7. The molecule has 0 aliphatic carbocycles. The number of hydrogen-bond acceptors (Lipinski definition) is 4. The fourth-order valence-corrected chi connectivity index (χ4v) is 3.94. The molecule has 160 valence electrons. The molecule has 0 aliphatic heterocycles. The Morgan fingerprint density at radius 1 is 1.13 bits per heavy atom. The molecule has 1 aromatic carbocycles. The number of benzene rings is 1. The van der Waals surface area contributed by atoms with Crippen LogP contribution in [0, 0.1) is 18.6 Å². The number of fused-ring (bicyclic) bond motifs is 1. The molecule has 1 atom stereocenters. The van der Waals surface area contributed by atoms with Crippen molar-refractivity contribution >= 4 is 15.7 Å². The fourth-order valence-electron chi connectivity index (χ4n) is 3.00. The van der Waals surface area contributed by atoms with E-state index in [1.165, 1.54) is 10.5 Å². The monoisotopic (exact) mass is 435 g/mol. The van der Waals surface area contributed by atoms with Crippen molar-refractivity contribution in [2.75, 3.05) is 0 Å². The summed E-state index contributed by atoms with van der Waals surface area (Å²) in [4.78, 5) is 17.1. The average Bonchev–Trinajstić information content (AvgIpc) is 2.60. The summed E-state index contributed by atoms with van der Waals surface area (Å²) in [6.45, 7) is 8.15. The van der Waals surface area contributed by atoms with E-state index in [-0.39, 0.29) is 16.9 Å². The highest BCUT2D eigenvalue weighted by atomic mass is 32.2. The number of pyridine rings is 1. The van der Waals surface area contributed by atoms with Crippen LogP contribution >= 0.6 is 0 Å². The lowest BCUT2D eigenvalue weighted by atomic mass is 10.1. The van der Waals surface area contributed by atoms with E-state index >= 15 is 0 Å². The number of nitrogens with zero attached hydrogens (tertiary/aromatic N) is 2. The first-order valence-corrected chi connectivity index (χ1v) is 10.8. The van der Waals surface area contributed by atoms with Crippen LogP contribution in [0.1, 0.15) is 44.9 Å². The molecule has 0 saturated heterocycles. The van der Waals surface area contributed by atoms with Crippen LogP contribution in [0.25, 0.3) is 16.9 Å². The maximum absolute atomic E-state index is 14.3. The lowest BCUT2D eigenvalue weighted by Crippen LogP contribution is -2.40. The van der Waals surface area contributed by atoms with Crippen molar-refractivity contribution in [1.29, 1.82) is 0 Å². The van der Waals surface area contributed by atoms with E-state index < -0.39 is 38.0 Å². The summed E-state index contributed by atoms with van der Waals surface area (Å²) in [5, 5.41) is 0.